The van der Waals surface area contributed by atoms with Gasteiger partial charge in [-0.05, 0) is 76.0 Å². The number of piperidine rings is 1. The van der Waals surface area contributed by atoms with Gasteiger partial charge in [0.2, 0.25) is 15.9 Å². The van der Waals surface area contributed by atoms with Crippen molar-refractivity contribution >= 4 is 59.5 Å². The summed E-state index contributed by atoms with van der Waals surface area (Å²) in [6, 6.07) is 8.63. The molecule has 1 amide bonds. The average Bonchev–Trinajstić information content (AvgIpc) is 3.93. The van der Waals surface area contributed by atoms with Gasteiger partial charge in [0.15, 0.2) is 22.3 Å². The number of nitrogens with one attached hydrogen (secondary N) is 2. The summed E-state index contributed by atoms with van der Waals surface area (Å²) in [5, 5.41) is 11.7. The van der Waals surface area contributed by atoms with Crippen LogP contribution in [0.1, 0.15) is 60.4 Å². The highest BCUT2D eigenvalue weighted by atomic mass is 32.2. The zero-order valence-electron chi connectivity index (χ0n) is 34.7. The number of carbonyl (C=O) groups is 1. The number of amides is 1. The number of hydrogen-bond donors (Lipinski definition) is 2. The first-order valence-corrected chi connectivity index (χ1v) is 22.8. The molecule has 1 aliphatic heterocycles. The number of aryl methyl sites for hydroxylation is 1. The summed E-state index contributed by atoms with van der Waals surface area (Å²) in [4.78, 5) is 28.3. The van der Waals surface area contributed by atoms with Gasteiger partial charge in [-0.2, -0.15) is 37.1 Å². The van der Waals surface area contributed by atoms with E-state index in [0.29, 0.717) is 61.7 Å². The van der Waals surface area contributed by atoms with Crippen LogP contribution in [0.4, 0.5) is 41.7 Å². The number of sulfonamides is 1. The molecule has 1 saturated heterocycles. The highest BCUT2D eigenvalue weighted by Gasteiger charge is 2.55. The van der Waals surface area contributed by atoms with Crippen molar-refractivity contribution < 1.29 is 43.9 Å². The molecular weight excluding hydrogens is 878 g/mol. The van der Waals surface area contributed by atoms with Crippen molar-refractivity contribution in [2.24, 2.45) is 13.0 Å². The zero-order valence-corrected chi connectivity index (χ0v) is 36.3. The van der Waals surface area contributed by atoms with Crippen LogP contribution in [0.3, 0.4) is 0 Å². The molecule has 0 spiro atoms. The van der Waals surface area contributed by atoms with E-state index in [9.17, 15) is 35.2 Å². The lowest BCUT2D eigenvalue weighted by Gasteiger charge is -2.34. The van der Waals surface area contributed by atoms with E-state index in [1.54, 1.807) is 31.3 Å². The average molecular weight is 921 g/mol. The molecule has 0 bridgehead atoms. The standard InChI is InChI=1S/C41H43F7N10O3S2/c1-6-22-17-29-35(41(46,47)48)52-58(36(29)40(22,44)45)20-32(59)49-30(16-21-14-23(42)18-24(43)15-21)33-28(26-8-7-9-27-34(26)56(4)53-37(27)54-63(5,60)61)19-31-38(50-33)51-39(62-31)57-12-10-25(11-13-57)55(2)3/h7-9,14-15,18-19,22,25,30H,6,10-13,16-17,20H2,1-5H3,(H,49,59)(H,53,54)/t22-,30+/m1/s1. The molecular formula is C41H43F7N10O3S2. The third-order valence-corrected chi connectivity index (χ3v) is 13.3. The summed E-state index contributed by atoms with van der Waals surface area (Å²) in [5.41, 5.74) is -1.50. The number of hydrogen-bond acceptors (Lipinski definition) is 10. The molecule has 22 heteroatoms. The topological polar surface area (TPSA) is 143 Å². The fraction of sp³-hybridized carbons (Fsp3) is 0.439. The molecule has 8 rings (SSSR count). The fourth-order valence-corrected chi connectivity index (χ4v) is 10.3. The number of alkyl halides is 5. The van der Waals surface area contributed by atoms with Gasteiger partial charge < -0.3 is 15.1 Å². The van der Waals surface area contributed by atoms with Crippen LogP contribution < -0.4 is 14.9 Å². The van der Waals surface area contributed by atoms with Crippen molar-refractivity contribution in [2.45, 2.75) is 69.8 Å². The lowest BCUT2D eigenvalue weighted by Crippen LogP contribution is -2.41. The second kappa shape index (κ2) is 16.3. The maximum atomic E-state index is 15.7. The summed E-state index contributed by atoms with van der Waals surface area (Å²) >= 11 is 1.37. The van der Waals surface area contributed by atoms with Crippen LogP contribution in [-0.4, -0.2) is 88.2 Å². The van der Waals surface area contributed by atoms with E-state index in [1.807, 2.05) is 14.1 Å². The van der Waals surface area contributed by atoms with Crippen molar-refractivity contribution in [3.8, 4) is 11.1 Å². The largest absolute Gasteiger partial charge is 0.435 e. The van der Waals surface area contributed by atoms with Gasteiger partial charge in [-0.1, -0.05) is 30.4 Å². The lowest BCUT2D eigenvalue weighted by atomic mass is 9.94. The molecule has 2 aromatic carbocycles. The minimum Gasteiger partial charge on any atom is -0.348 e. The van der Waals surface area contributed by atoms with Gasteiger partial charge in [-0.25, -0.2) is 22.2 Å². The minimum atomic E-state index is -5.08. The van der Waals surface area contributed by atoms with E-state index in [2.05, 4.69) is 30.0 Å². The Bertz CT molecular complexity index is 2830. The summed E-state index contributed by atoms with van der Waals surface area (Å²) in [5.74, 6) is -8.03. The van der Waals surface area contributed by atoms with Crippen molar-refractivity contribution in [3.63, 3.8) is 0 Å². The molecule has 13 nitrogen and oxygen atoms in total. The number of nitrogens with zero attached hydrogens (tertiary/aromatic N) is 8. The first-order valence-electron chi connectivity index (χ1n) is 20.1. The van der Waals surface area contributed by atoms with E-state index < -0.39 is 81.5 Å². The molecule has 0 saturated carbocycles. The quantitative estimate of drug-likeness (QED) is 0.120. The number of para-hydroxylation sites is 1. The van der Waals surface area contributed by atoms with E-state index >= 15 is 8.78 Å². The Morgan fingerprint density at radius 1 is 1.03 bits per heavy atom. The van der Waals surface area contributed by atoms with Crippen molar-refractivity contribution in [3.05, 3.63) is 82.3 Å². The number of aromatic nitrogens is 6. The minimum absolute atomic E-state index is 0.0285. The number of benzene rings is 2. The Kier molecular flexibility index (Phi) is 11.5. The van der Waals surface area contributed by atoms with Crippen LogP contribution in [0.15, 0.2) is 42.5 Å². The molecule has 2 aliphatic rings. The molecule has 1 fully saturated rings. The SMILES string of the molecule is CC[C@@H]1Cc2c(C(F)(F)F)nn(CC(=O)N[C@@H](Cc3cc(F)cc(F)c3)c3nc4nc(N5CCC(N(C)C)CC5)sc4cc3-c3cccc4c(NS(C)(=O)=O)nn(C)c34)c2C1(F)F. The molecule has 5 heterocycles. The molecule has 6 aromatic rings. The highest BCUT2D eigenvalue weighted by molar-refractivity contribution is 7.92. The Morgan fingerprint density at radius 3 is 2.37 bits per heavy atom. The molecule has 336 valence electrons. The van der Waals surface area contributed by atoms with Gasteiger partial charge in [0.25, 0.3) is 5.92 Å². The first-order chi connectivity index (χ1) is 29.6. The summed E-state index contributed by atoms with van der Waals surface area (Å²) in [6.45, 7) is 1.80. The molecule has 2 atom stereocenters. The van der Waals surface area contributed by atoms with E-state index in [1.165, 1.54) is 22.9 Å². The van der Waals surface area contributed by atoms with Gasteiger partial charge in [-0.3, -0.25) is 18.9 Å². The van der Waals surface area contributed by atoms with Crippen molar-refractivity contribution in [1.29, 1.82) is 0 Å². The third-order valence-electron chi connectivity index (χ3n) is 11.7. The van der Waals surface area contributed by atoms with Crippen LogP contribution in [0, 0.1) is 17.6 Å². The fourth-order valence-electron chi connectivity index (χ4n) is 8.79. The predicted octanol–water partition coefficient (Wildman–Crippen LogP) is 7.41. The number of fused-ring (bicyclic) bond motifs is 3. The van der Waals surface area contributed by atoms with Crippen LogP contribution in [-0.2, 0) is 53.4 Å². The number of anilines is 2. The zero-order chi connectivity index (χ0) is 45.3. The number of pyridine rings is 1. The number of thiazole rings is 1. The highest BCUT2D eigenvalue weighted by Crippen LogP contribution is 2.51. The smallest absolute Gasteiger partial charge is 0.348 e. The number of halogens is 7. The van der Waals surface area contributed by atoms with Crippen LogP contribution >= 0.6 is 11.3 Å². The van der Waals surface area contributed by atoms with E-state index in [-0.39, 0.29) is 35.6 Å². The summed E-state index contributed by atoms with van der Waals surface area (Å²) in [7, 11) is 1.87. The number of carbonyl (C=O) groups excluding carboxylic acids is 1. The summed E-state index contributed by atoms with van der Waals surface area (Å²) < 4.78 is 133. The molecule has 2 N–H and O–H groups in total. The Hall–Kier alpha value is -5.35. The van der Waals surface area contributed by atoms with E-state index in [4.69, 9.17) is 9.97 Å². The Morgan fingerprint density at radius 2 is 1.73 bits per heavy atom. The van der Waals surface area contributed by atoms with Crippen molar-refractivity contribution in [1.82, 2.24) is 39.7 Å². The van der Waals surface area contributed by atoms with Gasteiger partial charge >= 0.3 is 6.18 Å². The second-order valence-corrected chi connectivity index (χ2v) is 19.1. The van der Waals surface area contributed by atoms with E-state index in [0.717, 1.165) is 31.2 Å². The van der Waals surface area contributed by atoms with Gasteiger partial charge in [0.1, 0.15) is 23.9 Å². The molecule has 0 unspecified atom stereocenters. The Balaban J connectivity index is 1.28. The molecule has 63 heavy (non-hydrogen) atoms. The van der Waals surface area contributed by atoms with Gasteiger partial charge in [0, 0.05) is 60.2 Å². The van der Waals surface area contributed by atoms with Crippen LogP contribution in [0.2, 0.25) is 0 Å². The Labute approximate surface area is 361 Å². The molecule has 1 aliphatic carbocycles. The van der Waals surface area contributed by atoms with Crippen LogP contribution in [0.25, 0.3) is 32.4 Å². The third kappa shape index (κ3) is 8.68. The lowest BCUT2D eigenvalue weighted by molar-refractivity contribution is -0.142. The maximum absolute atomic E-state index is 15.7. The molecule has 0 radical (unpaired) electrons. The predicted molar refractivity (Wildman–Crippen MR) is 224 cm³/mol. The summed E-state index contributed by atoms with van der Waals surface area (Å²) in [6.07, 6.45) is -3.38. The van der Waals surface area contributed by atoms with Crippen LogP contribution in [0.5, 0.6) is 0 Å². The molecule has 4 aromatic heterocycles. The first kappa shape index (κ1) is 44.3. The van der Waals surface area contributed by atoms with Crippen molar-refractivity contribution in [2.75, 3.05) is 43.1 Å². The van der Waals surface area contributed by atoms with Gasteiger partial charge in [-0.15, -0.1) is 0 Å². The normalized spacial score (nSPS) is 17.5. The monoisotopic (exact) mass is 920 g/mol. The van der Waals surface area contributed by atoms with Gasteiger partial charge in [0.05, 0.1) is 28.2 Å². The number of rotatable bonds is 12. The maximum Gasteiger partial charge on any atom is 0.435 e. The second-order valence-electron chi connectivity index (χ2n) is 16.3.